The second-order valence-corrected chi connectivity index (χ2v) is 6.82. The van der Waals surface area contributed by atoms with E-state index in [4.69, 9.17) is 0 Å². The topological polar surface area (TPSA) is 66.5 Å². The highest BCUT2D eigenvalue weighted by atomic mass is 32.2. The molecule has 2 aromatic rings. The van der Waals surface area contributed by atoms with E-state index in [9.17, 15) is 13.2 Å². The third kappa shape index (κ3) is 2.96. The first-order valence-corrected chi connectivity index (χ1v) is 8.52. The van der Waals surface area contributed by atoms with Gasteiger partial charge < -0.3 is 4.90 Å². The zero-order valence-electron chi connectivity index (χ0n) is 11.9. The van der Waals surface area contributed by atoms with Crippen LogP contribution < -0.4 is 4.72 Å². The van der Waals surface area contributed by atoms with Crippen LogP contribution in [0.5, 0.6) is 0 Å². The van der Waals surface area contributed by atoms with Crippen molar-refractivity contribution in [1.82, 2.24) is 4.90 Å². The first-order chi connectivity index (χ1) is 10.6. The van der Waals surface area contributed by atoms with Crippen LogP contribution in [-0.2, 0) is 10.0 Å². The van der Waals surface area contributed by atoms with Crippen LogP contribution in [0.25, 0.3) is 0 Å². The summed E-state index contributed by atoms with van der Waals surface area (Å²) in [4.78, 5) is 14.0. The summed E-state index contributed by atoms with van der Waals surface area (Å²) in [7, 11) is -3.60. The summed E-state index contributed by atoms with van der Waals surface area (Å²) < 4.78 is 26.9. The molecular weight excluding hydrogens is 300 g/mol. The SMILES string of the molecule is O=C(c1ccc(NS(=O)(=O)c2ccccc2)cc1)N1CCC1. The van der Waals surface area contributed by atoms with Crippen molar-refractivity contribution < 1.29 is 13.2 Å². The number of sulfonamides is 1. The molecule has 1 amide bonds. The molecule has 22 heavy (non-hydrogen) atoms. The molecule has 1 aliphatic rings. The van der Waals surface area contributed by atoms with E-state index >= 15 is 0 Å². The van der Waals surface area contributed by atoms with Gasteiger partial charge in [0.25, 0.3) is 15.9 Å². The maximum absolute atomic E-state index is 12.2. The van der Waals surface area contributed by atoms with Crippen molar-refractivity contribution in [2.45, 2.75) is 11.3 Å². The quantitative estimate of drug-likeness (QED) is 0.941. The Morgan fingerprint density at radius 2 is 1.59 bits per heavy atom. The molecule has 0 aliphatic carbocycles. The second kappa shape index (κ2) is 5.81. The number of carbonyl (C=O) groups is 1. The van der Waals surface area contributed by atoms with Crippen LogP contribution in [0.1, 0.15) is 16.8 Å². The molecule has 3 rings (SSSR count). The van der Waals surface area contributed by atoms with Gasteiger partial charge in [0.15, 0.2) is 0 Å². The molecule has 0 unspecified atom stereocenters. The Balaban J connectivity index is 1.75. The highest BCUT2D eigenvalue weighted by molar-refractivity contribution is 7.92. The lowest BCUT2D eigenvalue weighted by Gasteiger charge is -2.30. The minimum Gasteiger partial charge on any atom is -0.339 e. The molecule has 0 atom stereocenters. The third-order valence-electron chi connectivity index (χ3n) is 3.58. The monoisotopic (exact) mass is 316 g/mol. The lowest BCUT2D eigenvalue weighted by molar-refractivity contribution is 0.0652. The molecule has 1 heterocycles. The molecule has 6 heteroatoms. The van der Waals surface area contributed by atoms with Crippen molar-refractivity contribution in [3.63, 3.8) is 0 Å². The summed E-state index contributed by atoms with van der Waals surface area (Å²) in [6.45, 7) is 1.59. The van der Waals surface area contributed by atoms with Gasteiger partial charge in [-0.3, -0.25) is 9.52 Å². The summed E-state index contributed by atoms with van der Waals surface area (Å²) in [5, 5.41) is 0. The van der Waals surface area contributed by atoms with Gasteiger partial charge in [-0.2, -0.15) is 0 Å². The van der Waals surface area contributed by atoms with Crippen LogP contribution in [0.4, 0.5) is 5.69 Å². The van der Waals surface area contributed by atoms with Gasteiger partial charge in [0.1, 0.15) is 0 Å². The van der Waals surface area contributed by atoms with Crippen molar-refractivity contribution in [1.29, 1.82) is 0 Å². The van der Waals surface area contributed by atoms with E-state index in [0.29, 0.717) is 11.3 Å². The smallest absolute Gasteiger partial charge is 0.261 e. The van der Waals surface area contributed by atoms with Crippen LogP contribution in [0.2, 0.25) is 0 Å². The molecule has 1 saturated heterocycles. The van der Waals surface area contributed by atoms with Gasteiger partial charge in [0, 0.05) is 24.3 Å². The van der Waals surface area contributed by atoms with Crippen molar-refractivity contribution in [2.24, 2.45) is 0 Å². The summed E-state index contributed by atoms with van der Waals surface area (Å²) in [6, 6.07) is 14.7. The third-order valence-corrected chi connectivity index (χ3v) is 4.98. The van der Waals surface area contributed by atoms with E-state index in [0.717, 1.165) is 19.5 Å². The number of benzene rings is 2. The van der Waals surface area contributed by atoms with E-state index in [1.54, 1.807) is 47.4 Å². The number of rotatable bonds is 4. The molecule has 1 N–H and O–H groups in total. The van der Waals surface area contributed by atoms with Gasteiger partial charge in [0.05, 0.1) is 4.90 Å². The first-order valence-electron chi connectivity index (χ1n) is 7.03. The number of nitrogens with one attached hydrogen (secondary N) is 1. The summed E-state index contributed by atoms with van der Waals surface area (Å²) in [5.41, 5.74) is 1.01. The average molecular weight is 316 g/mol. The van der Waals surface area contributed by atoms with Gasteiger partial charge in [-0.25, -0.2) is 8.42 Å². The number of amides is 1. The van der Waals surface area contributed by atoms with Crippen molar-refractivity contribution >= 4 is 21.6 Å². The van der Waals surface area contributed by atoms with Gasteiger partial charge in [-0.15, -0.1) is 0 Å². The number of hydrogen-bond donors (Lipinski definition) is 1. The average Bonchev–Trinajstić information content (AvgIpc) is 2.47. The Kier molecular flexibility index (Phi) is 3.85. The van der Waals surface area contributed by atoms with Crippen LogP contribution in [0.3, 0.4) is 0 Å². The van der Waals surface area contributed by atoms with E-state index in [1.807, 2.05) is 0 Å². The molecule has 0 spiro atoms. The van der Waals surface area contributed by atoms with Gasteiger partial charge in [0.2, 0.25) is 0 Å². The van der Waals surface area contributed by atoms with Gasteiger partial charge in [-0.05, 0) is 42.8 Å². The predicted molar refractivity (Wildman–Crippen MR) is 84.2 cm³/mol. The van der Waals surface area contributed by atoms with Crippen LogP contribution >= 0.6 is 0 Å². The Morgan fingerprint density at radius 3 is 2.14 bits per heavy atom. The maximum Gasteiger partial charge on any atom is 0.261 e. The largest absolute Gasteiger partial charge is 0.339 e. The van der Waals surface area contributed by atoms with Crippen LogP contribution in [-0.4, -0.2) is 32.3 Å². The van der Waals surface area contributed by atoms with Crippen molar-refractivity contribution in [3.8, 4) is 0 Å². The first kappa shape index (κ1) is 14.6. The standard InChI is InChI=1S/C16H16N2O3S/c19-16(18-11-4-12-18)13-7-9-14(10-8-13)17-22(20,21)15-5-2-1-3-6-15/h1-3,5-10,17H,4,11-12H2. The fourth-order valence-corrected chi connectivity index (χ4v) is 3.28. The number of likely N-dealkylation sites (tertiary alicyclic amines) is 1. The normalized spacial score (nSPS) is 14.3. The fourth-order valence-electron chi connectivity index (χ4n) is 2.20. The highest BCUT2D eigenvalue weighted by Gasteiger charge is 2.21. The molecule has 0 aromatic heterocycles. The zero-order chi connectivity index (χ0) is 15.6. The van der Waals surface area contributed by atoms with E-state index in [1.165, 1.54) is 12.1 Å². The summed E-state index contributed by atoms with van der Waals surface area (Å²) in [6.07, 6.45) is 1.04. The minimum atomic E-state index is -3.60. The Bertz CT molecular complexity index is 767. The predicted octanol–water partition coefficient (Wildman–Crippen LogP) is 2.33. The molecule has 0 saturated carbocycles. The van der Waals surface area contributed by atoms with Crippen LogP contribution in [0, 0.1) is 0 Å². The van der Waals surface area contributed by atoms with Gasteiger partial charge >= 0.3 is 0 Å². The van der Waals surface area contributed by atoms with E-state index < -0.39 is 10.0 Å². The molecule has 0 radical (unpaired) electrons. The number of hydrogen-bond acceptors (Lipinski definition) is 3. The molecular formula is C16H16N2O3S. The number of nitrogens with zero attached hydrogens (tertiary/aromatic N) is 1. The van der Waals surface area contributed by atoms with Crippen LogP contribution in [0.15, 0.2) is 59.5 Å². The fraction of sp³-hybridized carbons (Fsp3) is 0.188. The van der Waals surface area contributed by atoms with Gasteiger partial charge in [-0.1, -0.05) is 18.2 Å². The Hall–Kier alpha value is -2.34. The molecule has 1 aliphatic heterocycles. The second-order valence-electron chi connectivity index (χ2n) is 5.14. The van der Waals surface area contributed by atoms with Crippen molar-refractivity contribution in [2.75, 3.05) is 17.8 Å². The lowest BCUT2D eigenvalue weighted by atomic mass is 10.1. The Morgan fingerprint density at radius 1 is 0.955 bits per heavy atom. The summed E-state index contributed by atoms with van der Waals surface area (Å²) in [5.74, 6) is -0.0104. The molecule has 1 fully saturated rings. The molecule has 5 nitrogen and oxygen atoms in total. The number of anilines is 1. The molecule has 2 aromatic carbocycles. The lowest BCUT2D eigenvalue weighted by Crippen LogP contribution is -2.41. The minimum absolute atomic E-state index is 0.0104. The van der Waals surface area contributed by atoms with E-state index in [2.05, 4.69) is 4.72 Å². The maximum atomic E-state index is 12.2. The molecule has 114 valence electrons. The number of carbonyl (C=O) groups excluding carboxylic acids is 1. The van der Waals surface area contributed by atoms with E-state index in [-0.39, 0.29) is 10.8 Å². The Labute approximate surface area is 129 Å². The van der Waals surface area contributed by atoms with Crippen molar-refractivity contribution in [3.05, 3.63) is 60.2 Å². The molecule has 0 bridgehead atoms. The zero-order valence-corrected chi connectivity index (χ0v) is 12.7. The highest BCUT2D eigenvalue weighted by Crippen LogP contribution is 2.18. The summed E-state index contributed by atoms with van der Waals surface area (Å²) >= 11 is 0.